The van der Waals surface area contributed by atoms with E-state index in [1.54, 1.807) is 80.6 Å². The Labute approximate surface area is 613 Å². The number of methoxy groups -OCH3 is 1. The van der Waals surface area contributed by atoms with Crippen LogP contribution in [0, 0.1) is 5.92 Å². The number of rotatable bonds is 37. The highest BCUT2D eigenvalue weighted by Gasteiger charge is 2.44. The standard InChI is InChI=1S/C73H98N16O17/c1-41(2)60(72(105)89-34-14-22-58(89)69(102)81-51(36-43-15-7-5-8-16-43)64(97)80-50(19-11-31-78-73(76)77)70(103)87-32-12-20-56(87)61(75)94)86-67(100)55(40-91)85-65(98)52(38-59(92)93)82-68(101)57-21-13-33-88(57)71(104)53(37-45-23-27-47(28-24-45)46-17-9-6-10-18-46)83-62(95)42(3)79-66(99)54(39-90)84-63(96)49(74)35-44-25-29-48(106-4)30-26-44/h5-10,15-18,23-30,41-42,49-58,60,90-91H,11-14,19-22,31-40,74H2,1-4H3,(H2,75,94)(H,79,99)(H,80,97)(H,81,102)(H,82,101)(H,83,95)(H,84,96)(H,85,98)(H,86,100)(H,92,93)(H4,76,77,78)/t42-,49-,50-,51-,52-,53-,54-,55-,56-,57-,58-,60-/m0/s1. The van der Waals surface area contributed by atoms with E-state index in [1.807, 2.05) is 42.5 Å². The number of hydrogen-bond donors (Lipinski definition) is 15. The number of carboxylic acid groups (broad SMARTS) is 1. The first-order valence-electron chi connectivity index (χ1n) is 35.3. The molecule has 0 aliphatic carbocycles. The van der Waals surface area contributed by atoms with Crippen LogP contribution in [-0.4, -0.2) is 232 Å². The maximum atomic E-state index is 14.9. The Hall–Kier alpha value is -11.1. The number of benzene rings is 4. The van der Waals surface area contributed by atoms with Crippen molar-refractivity contribution >= 4 is 82.8 Å². The van der Waals surface area contributed by atoms with Crippen LogP contribution in [0.2, 0.25) is 0 Å². The van der Waals surface area contributed by atoms with Gasteiger partial charge < -0.3 is 100 Å². The van der Waals surface area contributed by atoms with Gasteiger partial charge in [0.2, 0.25) is 70.9 Å². The number of guanidine groups is 1. The summed E-state index contributed by atoms with van der Waals surface area (Å²) in [6, 6.07) is 15.2. The third-order valence-electron chi connectivity index (χ3n) is 18.7. The molecule has 3 saturated heterocycles. The highest BCUT2D eigenvalue weighted by atomic mass is 16.5. The molecule has 3 heterocycles. The molecule has 19 N–H and O–H groups in total. The summed E-state index contributed by atoms with van der Waals surface area (Å²) in [5.41, 5.74) is 26.5. The van der Waals surface area contributed by atoms with Crippen LogP contribution in [0.25, 0.3) is 11.1 Å². The molecule has 0 radical (unpaired) electrons. The van der Waals surface area contributed by atoms with Crippen molar-refractivity contribution in [3.8, 4) is 16.9 Å². The lowest BCUT2D eigenvalue weighted by atomic mass is 9.99. The van der Waals surface area contributed by atoms with Crippen molar-refractivity contribution in [2.24, 2.45) is 33.8 Å². The number of aliphatic hydroxyl groups excluding tert-OH is 2. The van der Waals surface area contributed by atoms with Crippen LogP contribution in [0.1, 0.15) is 95.2 Å². The molecular weight excluding hydrogens is 1370 g/mol. The molecule has 106 heavy (non-hydrogen) atoms. The van der Waals surface area contributed by atoms with Gasteiger partial charge >= 0.3 is 5.97 Å². The fourth-order valence-electron chi connectivity index (χ4n) is 12.9. The summed E-state index contributed by atoms with van der Waals surface area (Å²) in [6.45, 7) is 2.76. The SMILES string of the molecule is COc1ccc(C[C@H](N)C(=O)N[C@@H](CO)C(=O)N[C@@H](C)C(=O)N[C@@H](Cc2ccc(-c3ccccc3)cc2)C(=O)N2CCC[C@H]2C(=O)N[C@@H](CC(=O)O)C(=O)N[C@@H](CO)C(=O)N[C@H](C(=O)N2CCC[C@H]2C(=O)N[C@@H](Cc2ccccc2)C(=O)N[C@@H](CCCN=C(N)N)C(=O)N2CCC[C@H]2C(N)=O)C(C)C)cc1. The number of nitrogens with two attached hydrogens (primary N) is 4. The van der Waals surface area contributed by atoms with Crippen LogP contribution >= 0.6 is 0 Å². The molecule has 0 aromatic heterocycles. The van der Waals surface area contributed by atoms with Crippen molar-refractivity contribution in [3.05, 3.63) is 126 Å². The molecule has 33 nitrogen and oxygen atoms in total. The van der Waals surface area contributed by atoms with Gasteiger partial charge in [0.1, 0.15) is 72.2 Å². The molecule has 0 unspecified atom stereocenters. The Morgan fingerprint density at radius 2 is 0.934 bits per heavy atom. The van der Waals surface area contributed by atoms with Crippen LogP contribution in [0.15, 0.2) is 114 Å². The number of likely N-dealkylation sites (tertiary alicyclic amines) is 3. The number of ether oxygens (including phenoxy) is 1. The van der Waals surface area contributed by atoms with Gasteiger partial charge in [0.25, 0.3) is 0 Å². The zero-order chi connectivity index (χ0) is 77.3. The maximum absolute atomic E-state index is 14.9. The normalized spacial score (nSPS) is 18.0. The van der Waals surface area contributed by atoms with Gasteiger partial charge in [0.15, 0.2) is 5.96 Å². The summed E-state index contributed by atoms with van der Waals surface area (Å²) >= 11 is 0. The van der Waals surface area contributed by atoms with Crippen molar-refractivity contribution in [2.75, 3.05) is 46.5 Å². The quantitative estimate of drug-likeness (QED) is 0.0124. The van der Waals surface area contributed by atoms with Crippen molar-refractivity contribution in [2.45, 2.75) is 170 Å². The topological polar surface area (TPSA) is 514 Å². The summed E-state index contributed by atoms with van der Waals surface area (Å²) in [7, 11) is 1.50. The molecule has 33 heteroatoms. The van der Waals surface area contributed by atoms with E-state index in [0.717, 1.165) is 16.0 Å². The average molecular weight is 1470 g/mol. The Morgan fingerprint density at radius 3 is 1.48 bits per heavy atom. The summed E-state index contributed by atoms with van der Waals surface area (Å²) in [5, 5.41) is 51.2. The molecule has 3 aliphatic rings. The molecule has 3 fully saturated rings. The van der Waals surface area contributed by atoms with Gasteiger partial charge in [-0.15, -0.1) is 0 Å². The second-order valence-electron chi connectivity index (χ2n) is 26.8. The van der Waals surface area contributed by atoms with E-state index in [4.69, 9.17) is 27.7 Å². The zero-order valence-electron chi connectivity index (χ0n) is 59.8. The van der Waals surface area contributed by atoms with E-state index in [-0.39, 0.29) is 83.5 Å². The van der Waals surface area contributed by atoms with E-state index in [0.29, 0.717) is 41.7 Å². The number of nitrogens with zero attached hydrogens (tertiary/aromatic N) is 4. The Bertz CT molecular complexity index is 3770. The highest BCUT2D eigenvalue weighted by Crippen LogP contribution is 2.26. The van der Waals surface area contributed by atoms with Crippen molar-refractivity contribution in [1.29, 1.82) is 0 Å². The van der Waals surface area contributed by atoms with E-state index >= 15 is 0 Å². The smallest absolute Gasteiger partial charge is 0.305 e. The summed E-state index contributed by atoms with van der Waals surface area (Å²) in [6.07, 6.45) is 0.509. The molecule has 12 atom stereocenters. The average Bonchev–Trinajstić information content (AvgIpc) is 1.60. The number of carbonyl (C=O) groups excluding carboxylic acids is 12. The van der Waals surface area contributed by atoms with E-state index in [9.17, 15) is 77.6 Å². The van der Waals surface area contributed by atoms with Gasteiger partial charge in [-0.3, -0.25) is 67.3 Å². The predicted molar refractivity (Wildman–Crippen MR) is 386 cm³/mol. The Kier molecular flexibility index (Phi) is 30.8. The molecule has 0 spiro atoms. The van der Waals surface area contributed by atoms with Gasteiger partial charge in [0, 0.05) is 39.0 Å². The highest BCUT2D eigenvalue weighted by molar-refractivity contribution is 6.00. The monoisotopic (exact) mass is 1470 g/mol. The minimum atomic E-state index is -1.94. The lowest BCUT2D eigenvalue weighted by Gasteiger charge is -2.32. The molecule has 4 aromatic rings. The number of primary amides is 1. The lowest BCUT2D eigenvalue weighted by molar-refractivity contribution is -0.145. The first-order chi connectivity index (χ1) is 50.6. The third kappa shape index (κ3) is 23.2. The molecule has 7 rings (SSSR count). The number of carbonyl (C=O) groups is 13. The van der Waals surface area contributed by atoms with Crippen molar-refractivity contribution in [1.82, 2.24) is 57.2 Å². The Morgan fingerprint density at radius 1 is 0.491 bits per heavy atom. The van der Waals surface area contributed by atoms with Gasteiger partial charge in [-0.1, -0.05) is 111 Å². The number of aliphatic hydroxyl groups is 2. The molecule has 3 aliphatic heterocycles. The predicted octanol–water partition coefficient (Wildman–Crippen LogP) is -2.76. The van der Waals surface area contributed by atoms with E-state index in [1.165, 1.54) is 23.8 Å². The van der Waals surface area contributed by atoms with E-state index < -0.39 is 175 Å². The lowest BCUT2D eigenvalue weighted by Crippen LogP contribution is -2.62. The number of aliphatic imine (C=N–C) groups is 1. The fourth-order valence-corrected chi connectivity index (χ4v) is 12.9. The number of carboxylic acids is 1. The zero-order valence-corrected chi connectivity index (χ0v) is 59.8. The van der Waals surface area contributed by atoms with Crippen LogP contribution < -0.4 is 70.2 Å². The molecule has 12 amide bonds. The van der Waals surface area contributed by atoms with E-state index in [2.05, 4.69) is 47.5 Å². The molecular formula is C73H98N16O17. The largest absolute Gasteiger partial charge is 0.497 e. The van der Waals surface area contributed by atoms with Gasteiger partial charge in [-0.05, 0) is 111 Å². The number of aliphatic carboxylic acids is 1. The van der Waals surface area contributed by atoms with Gasteiger partial charge in [0.05, 0.1) is 32.8 Å². The first-order valence-corrected chi connectivity index (χ1v) is 35.3. The molecule has 0 bridgehead atoms. The second-order valence-corrected chi connectivity index (χ2v) is 26.8. The summed E-state index contributed by atoms with van der Waals surface area (Å²) in [4.78, 5) is 189. The number of amides is 12. The fraction of sp³-hybridized carbons (Fsp3) is 0.479. The van der Waals surface area contributed by atoms with Gasteiger partial charge in [-0.2, -0.15) is 0 Å². The first kappa shape index (κ1) is 82.2. The Balaban J connectivity index is 1.01. The minimum absolute atomic E-state index is 0.00233. The molecule has 572 valence electrons. The third-order valence-corrected chi connectivity index (χ3v) is 18.7. The maximum Gasteiger partial charge on any atom is 0.305 e. The number of nitrogens with one attached hydrogen (secondary N) is 8. The molecule has 0 saturated carbocycles. The second kappa shape index (κ2) is 39.7. The minimum Gasteiger partial charge on any atom is -0.497 e. The van der Waals surface area contributed by atoms with Crippen molar-refractivity contribution < 1.29 is 82.4 Å². The summed E-state index contributed by atoms with van der Waals surface area (Å²) in [5.74, 6) is -12.2. The van der Waals surface area contributed by atoms with Crippen LogP contribution in [0.4, 0.5) is 0 Å². The van der Waals surface area contributed by atoms with Crippen LogP contribution in [0.3, 0.4) is 0 Å². The van der Waals surface area contributed by atoms with Crippen LogP contribution in [-0.2, 0) is 81.6 Å². The molecule has 4 aromatic carbocycles. The summed E-state index contributed by atoms with van der Waals surface area (Å²) < 4.78 is 5.17. The van der Waals surface area contributed by atoms with Crippen molar-refractivity contribution in [3.63, 3.8) is 0 Å². The van der Waals surface area contributed by atoms with Crippen LogP contribution in [0.5, 0.6) is 5.75 Å². The van der Waals surface area contributed by atoms with Gasteiger partial charge in [-0.25, -0.2) is 0 Å². The number of hydrogen-bond acceptors (Lipinski definition) is 18.